The highest BCUT2D eigenvalue weighted by Crippen LogP contribution is 2.22. The Hall–Kier alpha value is -2.41. The lowest BCUT2D eigenvalue weighted by molar-refractivity contribution is -0.116. The van der Waals surface area contributed by atoms with Crippen LogP contribution in [0, 0.1) is 12.7 Å². The minimum absolute atomic E-state index is 0.268. The average Bonchev–Trinajstić information content (AvgIpc) is 2.48. The maximum Gasteiger partial charge on any atom is 0.247 e. The summed E-state index contributed by atoms with van der Waals surface area (Å²) in [6, 6.07) is 11.2. The molecular weight excluding hydrogens is 331 g/mol. The topological polar surface area (TPSA) is 66.5 Å². The zero-order valence-corrected chi connectivity index (χ0v) is 14.5. The molecule has 0 fully saturated rings. The summed E-state index contributed by atoms with van der Waals surface area (Å²) in [4.78, 5) is 12.4. The first-order valence-electron chi connectivity index (χ1n) is 7.31. The monoisotopic (exact) mass is 350 g/mol. The van der Waals surface area contributed by atoms with Crippen molar-refractivity contribution in [3.8, 4) is 0 Å². The lowest BCUT2D eigenvalue weighted by Gasteiger charge is -2.28. The SMILES string of the molecule is Cc1ccc(N([C@@H](C)C(=O)Nc2cccc(F)c2)S(C)(=O)=O)cc1. The summed E-state index contributed by atoms with van der Waals surface area (Å²) in [6.07, 6.45) is 1.04. The molecule has 0 radical (unpaired) electrons. The molecular formula is C17H19FN2O3S. The quantitative estimate of drug-likeness (QED) is 0.902. The molecule has 0 aliphatic heterocycles. The highest BCUT2D eigenvalue weighted by atomic mass is 32.2. The van der Waals surface area contributed by atoms with Crippen molar-refractivity contribution < 1.29 is 17.6 Å². The van der Waals surface area contributed by atoms with Gasteiger partial charge in [-0.2, -0.15) is 0 Å². The van der Waals surface area contributed by atoms with E-state index in [0.717, 1.165) is 16.1 Å². The first kappa shape index (κ1) is 17.9. The van der Waals surface area contributed by atoms with E-state index in [4.69, 9.17) is 0 Å². The largest absolute Gasteiger partial charge is 0.324 e. The Balaban J connectivity index is 2.29. The van der Waals surface area contributed by atoms with E-state index < -0.39 is 27.8 Å². The van der Waals surface area contributed by atoms with Crippen LogP contribution in [0.25, 0.3) is 0 Å². The fourth-order valence-electron chi connectivity index (χ4n) is 2.31. The highest BCUT2D eigenvalue weighted by molar-refractivity contribution is 7.92. The van der Waals surface area contributed by atoms with Gasteiger partial charge in [0.05, 0.1) is 11.9 Å². The third-order valence-corrected chi connectivity index (χ3v) is 4.71. The van der Waals surface area contributed by atoms with Gasteiger partial charge in [-0.15, -0.1) is 0 Å². The van der Waals surface area contributed by atoms with E-state index in [-0.39, 0.29) is 5.69 Å². The van der Waals surface area contributed by atoms with E-state index in [1.165, 1.54) is 31.2 Å². The molecule has 0 aliphatic carbocycles. The van der Waals surface area contributed by atoms with Crippen LogP contribution in [0.1, 0.15) is 12.5 Å². The first-order valence-corrected chi connectivity index (χ1v) is 9.16. The molecule has 1 N–H and O–H groups in total. The van der Waals surface area contributed by atoms with Gasteiger partial charge in [0.2, 0.25) is 15.9 Å². The van der Waals surface area contributed by atoms with Gasteiger partial charge in [0, 0.05) is 5.69 Å². The summed E-state index contributed by atoms with van der Waals surface area (Å²) in [6.45, 7) is 3.37. The molecule has 24 heavy (non-hydrogen) atoms. The summed E-state index contributed by atoms with van der Waals surface area (Å²) in [7, 11) is -3.68. The smallest absolute Gasteiger partial charge is 0.247 e. The lowest BCUT2D eigenvalue weighted by Crippen LogP contribution is -2.45. The van der Waals surface area contributed by atoms with Gasteiger partial charge in [0.15, 0.2) is 0 Å². The minimum atomic E-state index is -3.68. The Bertz CT molecular complexity index is 835. The highest BCUT2D eigenvalue weighted by Gasteiger charge is 2.29. The van der Waals surface area contributed by atoms with E-state index in [9.17, 15) is 17.6 Å². The molecule has 5 nitrogen and oxygen atoms in total. The van der Waals surface area contributed by atoms with E-state index in [2.05, 4.69) is 5.32 Å². The van der Waals surface area contributed by atoms with Crippen molar-refractivity contribution in [1.29, 1.82) is 0 Å². The number of benzene rings is 2. The van der Waals surface area contributed by atoms with Crippen molar-refractivity contribution in [2.24, 2.45) is 0 Å². The Kier molecular flexibility index (Phi) is 5.23. The molecule has 0 heterocycles. The maximum absolute atomic E-state index is 13.2. The van der Waals surface area contributed by atoms with Crippen molar-refractivity contribution in [1.82, 2.24) is 0 Å². The Morgan fingerprint density at radius 2 is 1.79 bits per heavy atom. The van der Waals surface area contributed by atoms with Crippen molar-refractivity contribution >= 4 is 27.3 Å². The Labute approximate surface area is 141 Å². The molecule has 1 amide bonds. The van der Waals surface area contributed by atoms with Crippen LogP contribution in [0.15, 0.2) is 48.5 Å². The fourth-order valence-corrected chi connectivity index (χ4v) is 3.49. The molecule has 128 valence electrons. The van der Waals surface area contributed by atoms with Crippen LogP contribution in [-0.2, 0) is 14.8 Å². The predicted molar refractivity (Wildman–Crippen MR) is 93.0 cm³/mol. The standard InChI is InChI=1S/C17H19FN2O3S/c1-12-7-9-16(10-8-12)20(24(3,22)23)13(2)17(21)19-15-6-4-5-14(18)11-15/h4-11,13H,1-3H3,(H,19,21)/t13-/m0/s1. The van der Waals surface area contributed by atoms with Crippen molar-refractivity contribution in [2.45, 2.75) is 19.9 Å². The van der Waals surface area contributed by atoms with Crippen LogP contribution in [0.4, 0.5) is 15.8 Å². The molecule has 0 saturated carbocycles. The number of sulfonamides is 1. The van der Waals surface area contributed by atoms with Crippen molar-refractivity contribution in [3.05, 3.63) is 59.9 Å². The van der Waals surface area contributed by atoms with Gasteiger partial charge in [-0.05, 0) is 44.2 Å². The molecule has 2 aromatic rings. The molecule has 2 aromatic carbocycles. The lowest BCUT2D eigenvalue weighted by atomic mass is 10.2. The van der Waals surface area contributed by atoms with E-state index in [1.54, 1.807) is 24.3 Å². The van der Waals surface area contributed by atoms with Gasteiger partial charge < -0.3 is 5.32 Å². The number of nitrogens with zero attached hydrogens (tertiary/aromatic N) is 1. The van der Waals surface area contributed by atoms with Gasteiger partial charge in [0.1, 0.15) is 11.9 Å². The average molecular weight is 350 g/mol. The summed E-state index contributed by atoms with van der Waals surface area (Å²) in [5.74, 6) is -1.04. The number of aryl methyl sites for hydroxylation is 1. The zero-order valence-electron chi connectivity index (χ0n) is 13.7. The van der Waals surface area contributed by atoms with Crippen LogP contribution in [0.2, 0.25) is 0 Å². The number of hydrogen-bond donors (Lipinski definition) is 1. The zero-order chi connectivity index (χ0) is 17.9. The third kappa shape index (κ3) is 4.32. The summed E-state index contributed by atoms with van der Waals surface area (Å²) in [5.41, 5.74) is 1.64. The number of carbonyl (C=O) groups is 1. The van der Waals surface area contributed by atoms with Crippen LogP contribution in [0.5, 0.6) is 0 Å². The van der Waals surface area contributed by atoms with Gasteiger partial charge in [-0.3, -0.25) is 9.10 Å². The molecule has 1 atom stereocenters. The van der Waals surface area contributed by atoms with E-state index in [0.29, 0.717) is 5.69 Å². The fraction of sp³-hybridized carbons (Fsp3) is 0.235. The number of halogens is 1. The number of anilines is 2. The number of nitrogens with one attached hydrogen (secondary N) is 1. The molecule has 0 bridgehead atoms. The summed E-state index contributed by atoms with van der Waals surface area (Å²) >= 11 is 0. The molecule has 0 saturated heterocycles. The Morgan fingerprint density at radius 3 is 2.33 bits per heavy atom. The molecule has 2 rings (SSSR count). The second-order valence-electron chi connectivity index (χ2n) is 5.57. The molecule has 0 spiro atoms. The van der Waals surface area contributed by atoms with Gasteiger partial charge in [-0.1, -0.05) is 23.8 Å². The number of carbonyl (C=O) groups excluding carboxylic acids is 1. The summed E-state index contributed by atoms with van der Waals surface area (Å²) < 4.78 is 38.6. The summed E-state index contributed by atoms with van der Waals surface area (Å²) in [5, 5.41) is 2.53. The van der Waals surface area contributed by atoms with Crippen molar-refractivity contribution in [2.75, 3.05) is 15.9 Å². The normalized spacial score (nSPS) is 12.5. The number of hydrogen-bond acceptors (Lipinski definition) is 3. The minimum Gasteiger partial charge on any atom is -0.324 e. The molecule has 0 aromatic heterocycles. The Morgan fingerprint density at radius 1 is 1.17 bits per heavy atom. The van der Waals surface area contributed by atoms with E-state index >= 15 is 0 Å². The second-order valence-corrected chi connectivity index (χ2v) is 7.43. The van der Waals surface area contributed by atoms with Gasteiger partial charge in [0.25, 0.3) is 0 Å². The second kappa shape index (κ2) is 7.00. The predicted octanol–water partition coefficient (Wildman–Crippen LogP) is 2.93. The molecule has 0 unspecified atom stereocenters. The van der Waals surface area contributed by atoms with Crippen molar-refractivity contribution in [3.63, 3.8) is 0 Å². The number of amides is 1. The van der Waals surface area contributed by atoms with Crippen LogP contribution in [0.3, 0.4) is 0 Å². The van der Waals surface area contributed by atoms with Crippen LogP contribution >= 0.6 is 0 Å². The molecule has 7 heteroatoms. The maximum atomic E-state index is 13.2. The molecule has 0 aliphatic rings. The van der Waals surface area contributed by atoms with Crippen LogP contribution in [-0.4, -0.2) is 26.6 Å². The van der Waals surface area contributed by atoms with E-state index in [1.807, 2.05) is 6.92 Å². The third-order valence-electron chi connectivity index (χ3n) is 3.47. The van der Waals surface area contributed by atoms with Gasteiger partial charge >= 0.3 is 0 Å². The number of rotatable bonds is 5. The van der Waals surface area contributed by atoms with Gasteiger partial charge in [-0.25, -0.2) is 12.8 Å². The first-order chi connectivity index (χ1) is 11.2. The van der Waals surface area contributed by atoms with Crippen LogP contribution < -0.4 is 9.62 Å².